The summed E-state index contributed by atoms with van der Waals surface area (Å²) in [6.07, 6.45) is 0.830. The lowest BCUT2D eigenvalue weighted by Gasteiger charge is -2.39. The number of hydrogen-bond donors (Lipinski definition) is 2. The zero-order chi connectivity index (χ0) is 21.7. The van der Waals surface area contributed by atoms with E-state index < -0.39 is 17.4 Å². The Labute approximate surface area is 179 Å². The molecular weight excluding hydrogens is 408 g/mol. The Balaban J connectivity index is 1.63. The predicted molar refractivity (Wildman–Crippen MR) is 113 cm³/mol. The van der Waals surface area contributed by atoms with Gasteiger partial charge >= 0.3 is 11.9 Å². The summed E-state index contributed by atoms with van der Waals surface area (Å²) < 4.78 is 4.68. The molecular formula is C22H23ClN2O5. The topological polar surface area (TPSA) is 95.9 Å². The first kappa shape index (κ1) is 21.8. The monoisotopic (exact) mass is 430 g/mol. The zero-order valence-corrected chi connectivity index (χ0v) is 17.3. The number of methoxy groups -OCH3 is 1. The average Bonchev–Trinajstić information content (AvgIpc) is 2.75. The minimum absolute atomic E-state index is 0.100. The van der Waals surface area contributed by atoms with Crippen LogP contribution >= 0.6 is 11.6 Å². The second-order valence-corrected chi connectivity index (χ2v) is 7.67. The van der Waals surface area contributed by atoms with Crippen LogP contribution in [0.1, 0.15) is 28.8 Å². The van der Waals surface area contributed by atoms with Crippen LogP contribution < -0.4 is 5.32 Å². The molecule has 1 aliphatic rings. The van der Waals surface area contributed by atoms with E-state index in [-0.39, 0.29) is 18.0 Å². The molecule has 1 aliphatic heterocycles. The van der Waals surface area contributed by atoms with Gasteiger partial charge in [-0.25, -0.2) is 4.79 Å². The molecule has 1 heterocycles. The van der Waals surface area contributed by atoms with Gasteiger partial charge in [0.05, 0.1) is 35.3 Å². The maximum Gasteiger partial charge on any atom is 0.337 e. The molecule has 2 aromatic rings. The summed E-state index contributed by atoms with van der Waals surface area (Å²) >= 11 is 6.13. The fraction of sp³-hybridized carbons (Fsp3) is 0.318. The summed E-state index contributed by atoms with van der Waals surface area (Å²) in [4.78, 5) is 38.1. The minimum Gasteiger partial charge on any atom is -0.481 e. The van der Waals surface area contributed by atoms with E-state index in [2.05, 4.69) is 10.1 Å². The molecule has 0 aliphatic carbocycles. The predicted octanol–water partition coefficient (Wildman–Crippen LogP) is 3.18. The average molecular weight is 431 g/mol. The minimum atomic E-state index is -0.938. The SMILES string of the molecule is COC(=O)c1ccc(Cl)c(NC(=O)CN2CCC(C(=O)O)(c3ccccc3)CC2)c1. The van der Waals surface area contributed by atoms with Crippen molar-refractivity contribution < 1.29 is 24.2 Å². The van der Waals surface area contributed by atoms with Gasteiger partial charge in [-0.05, 0) is 36.6 Å². The van der Waals surface area contributed by atoms with E-state index in [4.69, 9.17) is 11.6 Å². The highest BCUT2D eigenvalue weighted by Crippen LogP contribution is 2.36. The summed E-state index contributed by atoms with van der Waals surface area (Å²) in [6, 6.07) is 13.7. The van der Waals surface area contributed by atoms with Crippen molar-refractivity contribution in [1.29, 1.82) is 0 Å². The van der Waals surface area contributed by atoms with Gasteiger partial charge in [0.15, 0.2) is 0 Å². The summed E-state index contributed by atoms with van der Waals surface area (Å²) in [6.45, 7) is 1.05. The van der Waals surface area contributed by atoms with Gasteiger partial charge in [-0.3, -0.25) is 14.5 Å². The lowest BCUT2D eigenvalue weighted by atomic mass is 9.73. The van der Waals surface area contributed by atoms with Crippen molar-refractivity contribution in [2.24, 2.45) is 0 Å². The van der Waals surface area contributed by atoms with Crippen LogP contribution in [0.3, 0.4) is 0 Å². The van der Waals surface area contributed by atoms with Crippen LogP contribution in [0.15, 0.2) is 48.5 Å². The summed E-state index contributed by atoms with van der Waals surface area (Å²) in [5.41, 5.74) is 0.454. The van der Waals surface area contributed by atoms with Gasteiger partial charge in [0.2, 0.25) is 5.91 Å². The maximum absolute atomic E-state index is 12.5. The van der Waals surface area contributed by atoms with Crippen molar-refractivity contribution in [3.8, 4) is 0 Å². The summed E-state index contributed by atoms with van der Waals surface area (Å²) in [5, 5.41) is 12.9. The Kier molecular flexibility index (Phi) is 6.74. The summed E-state index contributed by atoms with van der Waals surface area (Å²) in [5.74, 6) is -1.66. The zero-order valence-electron chi connectivity index (χ0n) is 16.6. The van der Waals surface area contributed by atoms with Crippen LogP contribution in [0.25, 0.3) is 0 Å². The fourth-order valence-electron chi connectivity index (χ4n) is 3.73. The lowest BCUT2D eigenvalue weighted by molar-refractivity contribution is -0.146. The molecule has 158 valence electrons. The molecule has 2 aromatic carbocycles. The third-order valence-electron chi connectivity index (χ3n) is 5.47. The molecule has 30 heavy (non-hydrogen) atoms. The van der Waals surface area contributed by atoms with E-state index in [0.717, 1.165) is 5.56 Å². The Morgan fingerprint density at radius 1 is 1.13 bits per heavy atom. The van der Waals surface area contributed by atoms with Crippen LogP contribution in [0.2, 0.25) is 5.02 Å². The molecule has 0 radical (unpaired) electrons. The number of ether oxygens (including phenoxy) is 1. The Bertz CT molecular complexity index is 940. The third-order valence-corrected chi connectivity index (χ3v) is 5.80. The van der Waals surface area contributed by atoms with Crippen molar-refractivity contribution in [1.82, 2.24) is 4.90 Å². The molecule has 0 unspecified atom stereocenters. The van der Waals surface area contributed by atoms with Crippen LogP contribution in [-0.4, -0.2) is 54.6 Å². The quantitative estimate of drug-likeness (QED) is 0.683. The smallest absolute Gasteiger partial charge is 0.337 e. The van der Waals surface area contributed by atoms with Gasteiger partial charge < -0.3 is 15.2 Å². The molecule has 0 bridgehead atoms. The van der Waals surface area contributed by atoms with Gasteiger partial charge in [-0.15, -0.1) is 0 Å². The van der Waals surface area contributed by atoms with Crippen molar-refractivity contribution >= 4 is 35.1 Å². The van der Waals surface area contributed by atoms with E-state index in [1.54, 1.807) is 0 Å². The van der Waals surface area contributed by atoms with Crippen LogP contribution in [0, 0.1) is 0 Å². The maximum atomic E-state index is 12.5. The Hall–Kier alpha value is -2.90. The van der Waals surface area contributed by atoms with Crippen LogP contribution in [-0.2, 0) is 19.7 Å². The molecule has 2 N–H and O–H groups in total. The number of piperidine rings is 1. The fourth-order valence-corrected chi connectivity index (χ4v) is 3.90. The Morgan fingerprint density at radius 3 is 2.40 bits per heavy atom. The highest BCUT2D eigenvalue weighted by Gasteiger charge is 2.43. The highest BCUT2D eigenvalue weighted by molar-refractivity contribution is 6.33. The van der Waals surface area contributed by atoms with Crippen molar-refractivity contribution in [2.45, 2.75) is 18.3 Å². The summed E-state index contributed by atoms with van der Waals surface area (Å²) in [7, 11) is 1.28. The number of carbonyl (C=O) groups excluding carboxylic acids is 2. The van der Waals surface area contributed by atoms with E-state index in [0.29, 0.717) is 36.6 Å². The van der Waals surface area contributed by atoms with E-state index in [1.807, 2.05) is 35.2 Å². The van der Waals surface area contributed by atoms with Gasteiger partial charge in [0, 0.05) is 13.1 Å². The number of esters is 1. The normalized spacial score (nSPS) is 15.9. The number of rotatable bonds is 6. The number of benzene rings is 2. The number of carboxylic acids is 1. The van der Waals surface area contributed by atoms with Crippen molar-refractivity contribution in [3.63, 3.8) is 0 Å². The molecule has 1 fully saturated rings. The first-order chi connectivity index (χ1) is 14.4. The highest BCUT2D eigenvalue weighted by atomic mass is 35.5. The van der Waals surface area contributed by atoms with Gasteiger partial charge in [0.25, 0.3) is 0 Å². The number of hydrogen-bond acceptors (Lipinski definition) is 5. The van der Waals surface area contributed by atoms with Crippen LogP contribution in [0.4, 0.5) is 5.69 Å². The number of halogens is 1. The molecule has 0 saturated carbocycles. The molecule has 3 rings (SSSR count). The van der Waals surface area contributed by atoms with Crippen LogP contribution in [0.5, 0.6) is 0 Å². The number of nitrogens with one attached hydrogen (secondary N) is 1. The largest absolute Gasteiger partial charge is 0.481 e. The van der Waals surface area contributed by atoms with E-state index in [9.17, 15) is 19.5 Å². The molecule has 7 nitrogen and oxygen atoms in total. The van der Waals surface area contributed by atoms with E-state index in [1.165, 1.54) is 25.3 Å². The Morgan fingerprint density at radius 2 is 1.80 bits per heavy atom. The van der Waals surface area contributed by atoms with Gasteiger partial charge in [-0.2, -0.15) is 0 Å². The standard InChI is InChI=1S/C22H23ClN2O5/c1-30-20(27)15-7-8-17(23)18(13-15)24-19(26)14-25-11-9-22(10-12-25,21(28)29)16-5-3-2-4-6-16/h2-8,13H,9-12,14H2,1H3,(H,24,26)(H,28,29). The number of likely N-dealkylation sites (tertiary alicyclic amines) is 1. The first-order valence-corrected chi connectivity index (χ1v) is 9.92. The second kappa shape index (κ2) is 9.28. The van der Waals surface area contributed by atoms with Gasteiger partial charge in [0.1, 0.15) is 0 Å². The molecule has 0 aromatic heterocycles. The van der Waals surface area contributed by atoms with E-state index >= 15 is 0 Å². The molecule has 0 atom stereocenters. The van der Waals surface area contributed by atoms with Gasteiger partial charge in [-0.1, -0.05) is 41.9 Å². The number of carboxylic acid groups (broad SMARTS) is 1. The number of anilines is 1. The molecule has 1 amide bonds. The molecule has 1 saturated heterocycles. The lowest BCUT2D eigenvalue weighted by Crippen LogP contribution is -2.49. The number of amides is 1. The number of nitrogens with zero attached hydrogens (tertiary/aromatic N) is 1. The molecule has 8 heteroatoms. The number of carbonyl (C=O) groups is 3. The number of aliphatic carboxylic acids is 1. The first-order valence-electron chi connectivity index (χ1n) is 9.55. The van der Waals surface area contributed by atoms with Crippen molar-refractivity contribution in [2.75, 3.05) is 32.1 Å². The van der Waals surface area contributed by atoms with Crippen molar-refractivity contribution in [3.05, 3.63) is 64.7 Å². The second-order valence-electron chi connectivity index (χ2n) is 7.26. The third kappa shape index (κ3) is 4.63. The molecule has 0 spiro atoms.